The van der Waals surface area contributed by atoms with Gasteiger partial charge in [0.2, 0.25) is 0 Å². The Morgan fingerprint density at radius 3 is 2.38 bits per heavy atom. The molecule has 1 aromatic rings. The quantitative estimate of drug-likeness (QED) is 0.293. The van der Waals surface area contributed by atoms with Gasteiger partial charge in [0.25, 0.3) is 0 Å². The lowest BCUT2D eigenvalue weighted by Crippen LogP contribution is -2.54. The number of guanidine groups is 1. The number of benzene rings is 1. The summed E-state index contributed by atoms with van der Waals surface area (Å²) in [7, 11) is 1.42. The molecule has 1 aliphatic heterocycles. The number of hydrogen-bond donors (Lipinski definition) is 2. The lowest BCUT2D eigenvalue weighted by molar-refractivity contribution is -0.201. The number of rotatable bonds is 3. The minimum absolute atomic E-state index is 0. The van der Waals surface area contributed by atoms with E-state index in [2.05, 4.69) is 10.3 Å². The number of nitrogens with zero attached hydrogens (tertiary/aromatic N) is 3. The Morgan fingerprint density at radius 2 is 1.85 bits per heavy atom. The Labute approximate surface area is 164 Å². The molecular formula is C15H20F5IN4O. The molecule has 1 aromatic carbocycles. The molecule has 0 spiro atoms. The minimum atomic E-state index is -4.71. The summed E-state index contributed by atoms with van der Waals surface area (Å²) in [6, 6.07) is 3.20. The summed E-state index contributed by atoms with van der Waals surface area (Å²) in [5.74, 6) is -0.870. The van der Waals surface area contributed by atoms with Crippen molar-refractivity contribution in [1.29, 1.82) is 0 Å². The lowest BCUT2D eigenvalue weighted by atomic mass is 10.2. The van der Waals surface area contributed by atoms with Crippen molar-refractivity contribution in [2.45, 2.75) is 12.3 Å². The maximum Gasteiger partial charge on any atom is 0.416 e. The fraction of sp³-hybridized carbons (Fsp3) is 0.533. The van der Waals surface area contributed by atoms with E-state index in [0.29, 0.717) is 26.2 Å². The molecule has 0 bridgehead atoms. The van der Waals surface area contributed by atoms with Crippen LogP contribution in [0.15, 0.2) is 23.2 Å². The van der Waals surface area contributed by atoms with E-state index in [1.807, 2.05) is 0 Å². The molecule has 1 aliphatic rings. The number of aliphatic hydroxyl groups excluding tert-OH is 1. The van der Waals surface area contributed by atoms with Crippen LogP contribution in [0.5, 0.6) is 0 Å². The SMILES string of the molecule is CN=C(NCC(O)C(F)(F)F)N1CCN(c2cc(F)ccc2F)CC1.I. The lowest BCUT2D eigenvalue weighted by Gasteiger charge is -2.38. The van der Waals surface area contributed by atoms with Crippen LogP contribution in [-0.4, -0.2) is 68.0 Å². The Kier molecular flexibility index (Phi) is 8.31. The Bertz CT molecular complexity index is 621. The summed E-state index contributed by atoms with van der Waals surface area (Å²) in [5.41, 5.74) is 0.148. The smallest absolute Gasteiger partial charge is 0.382 e. The Balaban J connectivity index is 0.00000338. The highest BCUT2D eigenvalue weighted by Crippen LogP contribution is 2.22. The molecule has 5 nitrogen and oxygen atoms in total. The van der Waals surface area contributed by atoms with Gasteiger partial charge < -0.3 is 20.2 Å². The predicted octanol–water partition coefficient (Wildman–Crippen LogP) is 2.20. The van der Waals surface area contributed by atoms with Crippen molar-refractivity contribution in [3.05, 3.63) is 29.8 Å². The third-order valence-corrected chi connectivity index (χ3v) is 3.87. The Morgan fingerprint density at radius 1 is 1.23 bits per heavy atom. The van der Waals surface area contributed by atoms with Crippen LogP contribution >= 0.6 is 24.0 Å². The second kappa shape index (κ2) is 9.53. The summed E-state index contributed by atoms with van der Waals surface area (Å²) in [6.45, 7) is 0.705. The summed E-state index contributed by atoms with van der Waals surface area (Å²) in [4.78, 5) is 7.25. The van der Waals surface area contributed by atoms with Crippen molar-refractivity contribution in [3.63, 3.8) is 0 Å². The molecule has 0 radical (unpaired) electrons. The predicted molar refractivity (Wildman–Crippen MR) is 99.0 cm³/mol. The van der Waals surface area contributed by atoms with Crippen LogP contribution in [0.25, 0.3) is 0 Å². The number of aliphatic hydroxyl groups is 1. The van der Waals surface area contributed by atoms with Gasteiger partial charge in [-0.25, -0.2) is 8.78 Å². The van der Waals surface area contributed by atoms with Crippen LogP contribution in [0.4, 0.5) is 27.6 Å². The molecule has 148 valence electrons. The largest absolute Gasteiger partial charge is 0.416 e. The number of piperazine rings is 1. The van der Waals surface area contributed by atoms with Crippen LogP contribution in [0.3, 0.4) is 0 Å². The average molecular weight is 494 g/mol. The first-order valence-electron chi connectivity index (χ1n) is 7.62. The van der Waals surface area contributed by atoms with E-state index >= 15 is 0 Å². The van der Waals surface area contributed by atoms with Crippen LogP contribution in [0.2, 0.25) is 0 Å². The highest BCUT2D eigenvalue weighted by molar-refractivity contribution is 14.0. The number of nitrogens with one attached hydrogen (secondary N) is 1. The van der Waals surface area contributed by atoms with Gasteiger partial charge in [0, 0.05) is 39.3 Å². The molecule has 0 saturated carbocycles. The van der Waals surface area contributed by atoms with Crippen molar-refractivity contribution in [1.82, 2.24) is 10.2 Å². The molecule has 26 heavy (non-hydrogen) atoms. The molecule has 1 saturated heterocycles. The second-order valence-electron chi connectivity index (χ2n) is 5.56. The summed E-state index contributed by atoms with van der Waals surface area (Å²) in [6.07, 6.45) is -7.20. The summed E-state index contributed by atoms with van der Waals surface area (Å²) >= 11 is 0. The van der Waals surface area contributed by atoms with Crippen LogP contribution < -0.4 is 10.2 Å². The van der Waals surface area contributed by atoms with E-state index in [1.54, 1.807) is 9.80 Å². The third kappa shape index (κ3) is 5.83. The minimum Gasteiger partial charge on any atom is -0.382 e. The van der Waals surface area contributed by atoms with Crippen molar-refractivity contribution in [2.24, 2.45) is 4.99 Å². The molecule has 11 heteroatoms. The number of alkyl halides is 3. The van der Waals surface area contributed by atoms with Crippen molar-refractivity contribution in [3.8, 4) is 0 Å². The number of hydrogen-bond acceptors (Lipinski definition) is 3. The van der Waals surface area contributed by atoms with Gasteiger partial charge in [0.1, 0.15) is 11.6 Å². The highest BCUT2D eigenvalue weighted by atomic mass is 127. The molecule has 1 atom stereocenters. The van der Waals surface area contributed by atoms with Crippen LogP contribution in [0, 0.1) is 11.6 Å². The zero-order valence-corrected chi connectivity index (χ0v) is 16.3. The highest BCUT2D eigenvalue weighted by Gasteiger charge is 2.38. The second-order valence-corrected chi connectivity index (χ2v) is 5.56. The van der Waals surface area contributed by atoms with Gasteiger partial charge >= 0.3 is 6.18 Å². The molecular weight excluding hydrogens is 474 g/mol. The molecule has 0 amide bonds. The molecule has 1 heterocycles. The van der Waals surface area contributed by atoms with Crippen molar-refractivity contribution >= 4 is 35.6 Å². The van der Waals surface area contributed by atoms with E-state index in [1.165, 1.54) is 7.05 Å². The van der Waals surface area contributed by atoms with Crippen LogP contribution in [0.1, 0.15) is 0 Å². The number of halogens is 6. The molecule has 1 unspecified atom stereocenters. The monoisotopic (exact) mass is 494 g/mol. The summed E-state index contributed by atoms with van der Waals surface area (Å²) in [5, 5.41) is 11.5. The first-order valence-corrected chi connectivity index (χ1v) is 7.62. The standard InChI is InChI=1S/C15H19F5N4O.HI/c1-21-14(22-9-13(25)15(18,19)20)24-6-4-23(5-7-24)12-8-10(16)2-3-11(12)17;/h2-3,8,13,25H,4-7,9H2,1H3,(H,21,22);1H. The topological polar surface area (TPSA) is 51.1 Å². The fourth-order valence-corrected chi connectivity index (χ4v) is 2.52. The number of aliphatic imine (C=N–C) groups is 1. The van der Waals surface area contributed by atoms with E-state index in [9.17, 15) is 22.0 Å². The first kappa shape index (κ1) is 22.7. The van der Waals surface area contributed by atoms with E-state index in [0.717, 1.165) is 18.2 Å². The molecule has 2 N–H and O–H groups in total. The molecule has 0 aromatic heterocycles. The maximum atomic E-state index is 13.8. The molecule has 2 rings (SSSR count). The third-order valence-electron chi connectivity index (χ3n) is 3.87. The first-order chi connectivity index (χ1) is 11.7. The van der Waals surface area contributed by atoms with Gasteiger partial charge in [-0.15, -0.1) is 24.0 Å². The molecule has 1 fully saturated rings. The van der Waals surface area contributed by atoms with E-state index in [4.69, 9.17) is 5.11 Å². The van der Waals surface area contributed by atoms with Gasteiger partial charge in [0.05, 0.1) is 12.2 Å². The summed E-state index contributed by atoms with van der Waals surface area (Å²) < 4.78 is 64.1. The molecule has 0 aliphatic carbocycles. The number of anilines is 1. The van der Waals surface area contributed by atoms with Gasteiger partial charge in [0.15, 0.2) is 12.1 Å². The van der Waals surface area contributed by atoms with E-state index in [-0.39, 0.29) is 35.6 Å². The normalized spacial score (nSPS) is 17.0. The fourth-order valence-electron chi connectivity index (χ4n) is 2.52. The van der Waals surface area contributed by atoms with Gasteiger partial charge in [-0.1, -0.05) is 0 Å². The average Bonchev–Trinajstić information content (AvgIpc) is 2.57. The van der Waals surface area contributed by atoms with Gasteiger partial charge in [-0.3, -0.25) is 4.99 Å². The Hall–Kier alpha value is -1.37. The maximum absolute atomic E-state index is 13.8. The zero-order valence-electron chi connectivity index (χ0n) is 13.9. The zero-order chi connectivity index (χ0) is 18.6. The van der Waals surface area contributed by atoms with Crippen molar-refractivity contribution < 1.29 is 27.1 Å². The van der Waals surface area contributed by atoms with Crippen molar-refractivity contribution in [2.75, 3.05) is 44.7 Å². The van der Waals surface area contributed by atoms with E-state index < -0.39 is 30.5 Å². The van der Waals surface area contributed by atoms with Gasteiger partial charge in [-0.05, 0) is 12.1 Å². The van der Waals surface area contributed by atoms with Gasteiger partial charge in [-0.2, -0.15) is 13.2 Å². The van der Waals surface area contributed by atoms with Crippen LogP contribution in [-0.2, 0) is 0 Å².